The van der Waals surface area contributed by atoms with E-state index in [9.17, 15) is 0 Å². The molecular weight excluding hydrogens is 256 g/mol. The second kappa shape index (κ2) is 5.94. The van der Waals surface area contributed by atoms with Crippen molar-refractivity contribution in [1.29, 1.82) is 0 Å². The van der Waals surface area contributed by atoms with Crippen LogP contribution in [0, 0.1) is 0 Å². The van der Waals surface area contributed by atoms with Crippen LogP contribution in [-0.2, 0) is 6.54 Å². The van der Waals surface area contributed by atoms with Crippen molar-refractivity contribution in [3.63, 3.8) is 0 Å². The molecule has 1 aliphatic rings. The molecule has 5 heteroatoms. The average Bonchev–Trinajstić information content (AvgIpc) is 2.36. The minimum Gasteiger partial charge on any atom is -0.388 e. The zero-order valence-corrected chi connectivity index (χ0v) is 12.7. The molecule has 2 rings (SSSR count). The molecule has 0 radical (unpaired) electrons. The third-order valence-corrected chi connectivity index (χ3v) is 4.15. The van der Waals surface area contributed by atoms with E-state index in [2.05, 4.69) is 41.7 Å². The Morgan fingerprint density at radius 3 is 2.63 bits per heavy atom. The van der Waals surface area contributed by atoms with Gasteiger partial charge in [-0.3, -0.25) is 14.8 Å². The Morgan fingerprint density at radius 1 is 1.42 bits per heavy atom. The fourth-order valence-electron chi connectivity index (χ4n) is 2.67. The van der Waals surface area contributed by atoms with Gasteiger partial charge in [0.15, 0.2) is 0 Å². The lowest BCUT2D eigenvalue weighted by molar-refractivity contribution is 0.0555. The first-order valence-electron chi connectivity index (χ1n) is 6.67. The fourth-order valence-corrected chi connectivity index (χ4v) is 2.86. The zero-order chi connectivity index (χ0) is 14.0. The largest absolute Gasteiger partial charge is 0.388 e. The summed E-state index contributed by atoms with van der Waals surface area (Å²) < 4.78 is 0. The summed E-state index contributed by atoms with van der Waals surface area (Å²) in [6, 6.07) is 5.14. The fraction of sp³-hybridized carbons (Fsp3) is 0.571. The number of hydrogen-bond acceptors (Lipinski definition) is 4. The minimum atomic E-state index is 0.380. The monoisotopic (exact) mass is 278 g/mol. The highest BCUT2D eigenvalue weighted by Gasteiger charge is 2.26. The molecule has 1 aliphatic heterocycles. The molecule has 0 amide bonds. The maximum Gasteiger partial charge on any atom is 0.123 e. The van der Waals surface area contributed by atoms with E-state index in [0.717, 1.165) is 30.9 Å². The molecule has 0 saturated carbocycles. The van der Waals surface area contributed by atoms with Crippen molar-refractivity contribution in [1.82, 2.24) is 14.8 Å². The Labute approximate surface area is 120 Å². The maximum absolute atomic E-state index is 5.74. The number of rotatable bonds is 3. The van der Waals surface area contributed by atoms with Crippen LogP contribution in [0.1, 0.15) is 25.1 Å². The SMILES string of the molecule is CC1CN(Cc2cccnc2C(N)=S)CC(C)N1C. The molecule has 1 aromatic rings. The molecule has 2 heterocycles. The van der Waals surface area contributed by atoms with Gasteiger partial charge in [0.05, 0.1) is 0 Å². The lowest BCUT2D eigenvalue weighted by Gasteiger charge is -2.42. The second-order valence-corrected chi connectivity index (χ2v) is 5.87. The molecule has 104 valence electrons. The van der Waals surface area contributed by atoms with Gasteiger partial charge in [-0.1, -0.05) is 18.3 Å². The number of nitrogens with two attached hydrogens (primary N) is 1. The number of nitrogens with zero attached hydrogens (tertiary/aromatic N) is 3. The first-order valence-corrected chi connectivity index (χ1v) is 7.08. The average molecular weight is 278 g/mol. The van der Waals surface area contributed by atoms with Gasteiger partial charge in [-0.05, 0) is 32.5 Å². The summed E-state index contributed by atoms with van der Waals surface area (Å²) in [6.45, 7) is 7.52. The molecule has 1 aromatic heterocycles. The summed E-state index contributed by atoms with van der Waals surface area (Å²) in [7, 11) is 2.19. The molecule has 0 aliphatic carbocycles. The third-order valence-electron chi connectivity index (χ3n) is 3.95. The van der Waals surface area contributed by atoms with Gasteiger partial charge in [-0.15, -0.1) is 0 Å². The van der Waals surface area contributed by atoms with Crippen molar-refractivity contribution in [3.05, 3.63) is 29.6 Å². The van der Waals surface area contributed by atoms with E-state index in [0.29, 0.717) is 17.1 Å². The molecule has 2 N–H and O–H groups in total. The van der Waals surface area contributed by atoms with Crippen LogP contribution < -0.4 is 5.73 Å². The molecule has 1 saturated heterocycles. The molecule has 0 spiro atoms. The Morgan fingerprint density at radius 2 is 2.05 bits per heavy atom. The summed E-state index contributed by atoms with van der Waals surface area (Å²) >= 11 is 5.07. The Hall–Kier alpha value is -1.04. The summed E-state index contributed by atoms with van der Waals surface area (Å²) in [5.41, 5.74) is 7.62. The molecular formula is C14H22N4S. The van der Waals surface area contributed by atoms with Crippen LogP contribution in [0.4, 0.5) is 0 Å². The van der Waals surface area contributed by atoms with Gasteiger partial charge in [-0.2, -0.15) is 0 Å². The number of likely N-dealkylation sites (N-methyl/N-ethyl adjacent to an activating group) is 1. The van der Waals surface area contributed by atoms with Gasteiger partial charge < -0.3 is 5.73 Å². The number of hydrogen-bond donors (Lipinski definition) is 1. The molecule has 2 unspecified atom stereocenters. The Balaban J connectivity index is 2.12. The minimum absolute atomic E-state index is 0.380. The van der Waals surface area contributed by atoms with E-state index in [4.69, 9.17) is 18.0 Å². The first kappa shape index (κ1) is 14.4. The van der Waals surface area contributed by atoms with Crippen molar-refractivity contribution in [3.8, 4) is 0 Å². The standard InChI is InChI=1S/C14H22N4S/c1-10-7-18(8-11(2)17(10)3)9-12-5-4-6-16-13(12)14(15)19/h4-6,10-11H,7-9H2,1-3H3,(H2,15,19). The van der Waals surface area contributed by atoms with E-state index in [1.807, 2.05) is 6.07 Å². The van der Waals surface area contributed by atoms with Gasteiger partial charge in [0.1, 0.15) is 10.7 Å². The zero-order valence-electron chi connectivity index (χ0n) is 11.8. The highest BCUT2D eigenvalue weighted by molar-refractivity contribution is 7.80. The smallest absolute Gasteiger partial charge is 0.123 e. The highest BCUT2D eigenvalue weighted by atomic mass is 32.1. The lowest BCUT2D eigenvalue weighted by atomic mass is 10.1. The van der Waals surface area contributed by atoms with E-state index in [1.54, 1.807) is 6.20 Å². The van der Waals surface area contributed by atoms with Crippen LogP contribution in [0.25, 0.3) is 0 Å². The molecule has 4 nitrogen and oxygen atoms in total. The summed E-state index contributed by atoms with van der Waals surface area (Å²) in [6.07, 6.45) is 1.74. The lowest BCUT2D eigenvalue weighted by Crippen LogP contribution is -2.54. The van der Waals surface area contributed by atoms with Crippen LogP contribution in [0.5, 0.6) is 0 Å². The van der Waals surface area contributed by atoms with Crippen LogP contribution in [0.15, 0.2) is 18.3 Å². The summed E-state index contributed by atoms with van der Waals surface area (Å²) in [5, 5.41) is 0. The van der Waals surface area contributed by atoms with Gasteiger partial charge in [0.2, 0.25) is 0 Å². The Bertz CT molecular complexity index is 451. The summed E-state index contributed by atoms with van der Waals surface area (Å²) in [5.74, 6) is 0. The van der Waals surface area contributed by atoms with E-state index in [1.165, 1.54) is 0 Å². The van der Waals surface area contributed by atoms with Crippen LogP contribution in [-0.4, -0.2) is 52.0 Å². The second-order valence-electron chi connectivity index (χ2n) is 5.43. The number of pyridine rings is 1. The van der Waals surface area contributed by atoms with Gasteiger partial charge in [-0.25, -0.2) is 0 Å². The Kier molecular flexibility index (Phi) is 4.50. The third kappa shape index (κ3) is 3.29. The van der Waals surface area contributed by atoms with Gasteiger partial charge in [0.25, 0.3) is 0 Å². The van der Waals surface area contributed by atoms with Crippen molar-refractivity contribution in [2.75, 3.05) is 20.1 Å². The molecule has 1 fully saturated rings. The van der Waals surface area contributed by atoms with Crippen LogP contribution in [0.2, 0.25) is 0 Å². The van der Waals surface area contributed by atoms with Gasteiger partial charge in [0, 0.05) is 37.9 Å². The number of thiocarbonyl (C=S) groups is 1. The first-order chi connectivity index (χ1) is 8.99. The molecule has 19 heavy (non-hydrogen) atoms. The topological polar surface area (TPSA) is 45.4 Å². The van der Waals surface area contributed by atoms with E-state index in [-0.39, 0.29) is 0 Å². The summed E-state index contributed by atoms with van der Waals surface area (Å²) in [4.78, 5) is 9.55. The van der Waals surface area contributed by atoms with Crippen LogP contribution >= 0.6 is 12.2 Å². The molecule has 2 atom stereocenters. The van der Waals surface area contributed by atoms with Crippen molar-refractivity contribution in [2.45, 2.75) is 32.5 Å². The highest BCUT2D eigenvalue weighted by Crippen LogP contribution is 2.17. The quantitative estimate of drug-likeness (QED) is 0.843. The molecule has 0 bridgehead atoms. The van der Waals surface area contributed by atoms with E-state index < -0.39 is 0 Å². The van der Waals surface area contributed by atoms with Crippen molar-refractivity contribution >= 4 is 17.2 Å². The predicted octanol–water partition coefficient (Wildman–Crippen LogP) is 1.24. The van der Waals surface area contributed by atoms with Gasteiger partial charge >= 0.3 is 0 Å². The number of aromatic nitrogens is 1. The predicted molar refractivity (Wildman–Crippen MR) is 82.1 cm³/mol. The van der Waals surface area contributed by atoms with Crippen molar-refractivity contribution < 1.29 is 0 Å². The normalized spacial score (nSPS) is 25.4. The number of piperazine rings is 1. The van der Waals surface area contributed by atoms with Crippen LogP contribution in [0.3, 0.4) is 0 Å². The molecule has 0 aromatic carbocycles. The maximum atomic E-state index is 5.74. The van der Waals surface area contributed by atoms with Crippen molar-refractivity contribution in [2.24, 2.45) is 5.73 Å². The van der Waals surface area contributed by atoms with E-state index >= 15 is 0 Å².